The molecular formula is C21H26N4O4. The van der Waals surface area contributed by atoms with Crippen molar-refractivity contribution in [2.75, 3.05) is 13.2 Å². The summed E-state index contributed by atoms with van der Waals surface area (Å²) in [5, 5.41) is 6.03. The number of carbonyl (C=O) groups excluding carboxylic acids is 3. The molecular weight excluding hydrogens is 372 g/mol. The van der Waals surface area contributed by atoms with Crippen LogP contribution in [0.3, 0.4) is 0 Å². The van der Waals surface area contributed by atoms with Crippen LogP contribution in [0.4, 0.5) is 0 Å². The van der Waals surface area contributed by atoms with E-state index in [0.29, 0.717) is 25.1 Å². The van der Waals surface area contributed by atoms with Crippen LogP contribution in [0, 0.1) is 0 Å². The smallest absolute Gasteiger partial charge is 0.255 e. The molecule has 3 saturated heterocycles. The van der Waals surface area contributed by atoms with Crippen LogP contribution in [0.5, 0.6) is 0 Å². The second-order valence-corrected chi connectivity index (χ2v) is 8.86. The Hall–Kier alpha value is -2.29. The van der Waals surface area contributed by atoms with E-state index in [4.69, 9.17) is 10.5 Å². The van der Waals surface area contributed by atoms with Gasteiger partial charge in [0.1, 0.15) is 6.04 Å². The fraction of sp³-hybridized carbons (Fsp3) is 0.571. The maximum atomic E-state index is 12.8. The molecule has 3 amide bonds. The summed E-state index contributed by atoms with van der Waals surface area (Å²) < 4.78 is 5.85. The molecule has 1 aromatic carbocycles. The van der Waals surface area contributed by atoms with Crippen molar-refractivity contribution in [1.29, 1.82) is 0 Å². The Balaban J connectivity index is 1.26. The highest BCUT2D eigenvalue weighted by Crippen LogP contribution is 2.49. The first-order chi connectivity index (χ1) is 13.9. The lowest BCUT2D eigenvalue weighted by Crippen LogP contribution is -2.71. The van der Waals surface area contributed by atoms with Gasteiger partial charge >= 0.3 is 0 Å². The van der Waals surface area contributed by atoms with Crippen molar-refractivity contribution in [3.8, 4) is 0 Å². The number of nitrogens with one attached hydrogen (secondary N) is 2. The molecule has 2 bridgehead atoms. The molecule has 0 radical (unpaired) electrons. The van der Waals surface area contributed by atoms with Gasteiger partial charge in [-0.25, -0.2) is 0 Å². The molecule has 29 heavy (non-hydrogen) atoms. The zero-order chi connectivity index (χ0) is 20.2. The number of hydrogen-bond donors (Lipinski definition) is 3. The molecule has 4 heterocycles. The second kappa shape index (κ2) is 6.62. The minimum Gasteiger partial charge on any atom is -0.373 e. The maximum Gasteiger partial charge on any atom is 0.255 e. The first kappa shape index (κ1) is 18.7. The van der Waals surface area contributed by atoms with Gasteiger partial charge in [-0.2, -0.15) is 0 Å². The minimum atomic E-state index is -0.574. The van der Waals surface area contributed by atoms with Gasteiger partial charge in [0.2, 0.25) is 11.8 Å². The van der Waals surface area contributed by atoms with Gasteiger partial charge in [0.25, 0.3) is 5.91 Å². The average Bonchev–Trinajstić information content (AvgIpc) is 3.02. The molecule has 0 spiro atoms. The van der Waals surface area contributed by atoms with Gasteiger partial charge in [-0.05, 0) is 42.9 Å². The van der Waals surface area contributed by atoms with E-state index in [0.717, 1.165) is 43.5 Å². The predicted molar refractivity (Wildman–Crippen MR) is 104 cm³/mol. The second-order valence-electron chi connectivity index (χ2n) is 8.86. The van der Waals surface area contributed by atoms with Crippen molar-refractivity contribution in [2.24, 2.45) is 5.73 Å². The van der Waals surface area contributed by atoms with Crippen LogP contribution in [0.25, 0.3) is 0 Å². The highest BCUT2D eigenvalue weighted by atomic mass is 16.5. The Bertz CT molecular complexity index is 893. The zero-order valence-corrected chi connectivity index (χ0v) is 16.3. The first-order valence-corrected chi connectivity index (χ1v) is 10.3. The zero-order valence-electron chi connectivity index (χ0n) is 16.3. The van der Waals surface area contributed by atoms with Gasteiger partial charge in [0, 0.05) is 43.8 Å². The number of amides is 3. The Kier molecular flexibility index (Phi) is 4.27. The van der Waals surface area contributed by atoms with Gasteiger partial charge in [0.15, 0.2) is 0 Å². The summed E-state index contributed by atoms with van der Waals surface area (Å²) in [6, 6.07) is 5.31. The van der Waals surface area contributed by atoms with Crippen molar-refractivity contribution < 1.29 is 19.1 Å². The first-order valence-electron chi connectivity index (χ1n) is 10.3. The Morgan fingerprint density at radius 2 is 2.10 bits per heavy atom. The summed E-state index contributed by atoms with van der Waals surface area (Å²) in [7, 11) is 0. The molecule has 1 saturated carbocycles. The van der Waals surface area contributed by atoms with Gasteiger partial charge < -0.3 is 20.7 Å². The van der Waals surface area contributed by atoms with E-state index in [-0.39, 0.29) is 35.3 Å². The number of nitrogens with two attached hydrogens (primary N) is 1. The van der Waals surface area contributed by atoms with Crippen molar-refractivity contribution >= 4 is 17.7 Å². The molecule has 0 aromatic heterocycles. The summed E-state index contributed by atoms with van der Waals surface area (Å²) in [6.45, 7) is 2.43. The number of rotatable bonds is 5. The van der Waals surface area contributed by atoms with Crippen molar-refractivity contribution in [3.05, 3.63) is 34.9 Å². The third-order valence-electron chi connectivity index (χ3n) is 6.94. The minimum absolute atomic E-state index is 0.102. The number of imide groups is 1. The summed E-state index contributed by atoms with van der Waals surface area (Å²) >= 11 is 0. The number of fused-ring (bicyclic) bond motifs is 3. The molecule has 1 atom stereocenters. The van der Waals surface area contributed by atoms with Crippen molar-refractivity contribution in [3.63, 3.8) is 0 Å². The van der Waals surface area contributed by atoms with Gasteiger partial charge in [-0.1, -0.05) is 12.1 Å². The molecule has 1 unspecified atom stereocenters. The lowest BCUT2D eigenvalue weighted by Gasteiger charge is -2.60. The highest BCUT2D eigenvalue weighted by molar-refractivity contribution is 6.05. The van der Waals surface area contributed by atoms with Crippen LogP contribution in [-0.4, -0.2) is 53.0 Å². The SMILES string of the molecule is NCC12CC(NCc3ccc4c(c3)CN(C3CCC(=O)NC3=O)C4=O)(CCO1)C2. The molecule has 4 aliphatic heterocycles. The van der Waals surface area contributed by atoms with E-state index in [1.54, 1.807) is 4.90 Å². The average molecular weight is 398 g/mol. The largest absolute Gasteiger partial charge is 0.373 e. The summed E-state index contributed by atoms with van der Waals surface area (Å²) in [5.74, 6) is -0.786. The summed E-state index contributed by atoms with van der Waals surface area (Å²) in [5.41, 5.74) is 8.54. The molecule has 4 fully saturated rings. The van der Waals surface area contributed by atoms with Crippen molar-refractivity contribution in [1.82, 2.24) is 15.5 Å². The van der Waals surface area contributed by atoms with Crippen LogP contribution in [0.1, 0.15) is 53.6 Å². The molecule has 154 valence electrons. The molecule has 1 aliphatic carbocycles. The number of carbonyl (C=O) groups is 3. The van der Waals surface area contributed by atoms with E-state index < -0.39 is 6.04 Å². The molecule has 4 N–H and O–H groups in total. The number of hydrogen-bond acceptors (Lipinski definition) is 6. The third kappa shape index (κ3) is 3.06. The number of nitrogens with zero attached hydrogens (tertiary/aromatic N) is 1. The van der Waals surface area contributed by atoms with Gasteiger partial charge in [-0.3, -0.25) is 19.7 Å². The fourth-order valence-electron chi connectivity index (χ4n) is 5.37. The lowest BCUT2D eigenvalue weighted by molar-refractivity contribution is -0.192. The van der Waals surface area contributed by atoms with E-state index >= 15 is 0 Å². The van der Waals surface area contributed by atoms with Crippen LogP contribution in [0.2, 0.25) is 0 Å². The molecule has 5 aliphatic rings. The van der Waals surface area contributed by atoms with Crippen LogP contribution >= 0.6 is 0 Å². The third-order valence-corrected chi connectivity index (χ3v) is 6.94. The number of benzene rings is 1. The van der Waals surface area contributed by atoms with E-state index in [1.165, 1.54) is 0 Å². The fourth-order valence-corrected chi connectivity index (χ4v) is 5.37. The summed E-state index contributed by atoms with van der Waals surface area (Å²) in [4.78, 5) is 37.9. The van der Waals surface area contributed by atoms with Crippen LogP contribution < -0.4 is 16.4 Å². The quantitative estimate of drug-likeness (QED) is 0.610. The Morgan fingerprint density at radius 3 is 2.86 bits per heavy atom. The molecule has 1 aromatic rings. The molecule has 6 rings (SSSR count). The number of piperidine rings is 1. The van der Waals surface area contributed by atoms with Gasteiger partial charge in [-0.15, -0.1) is 0 Å². The summed E-state index contributed by atoms with van der Waals surface area (Å²) in [6.07, 6.45) is 3.53. The van der Waals surface area contributed by atoms with Crippen LogP contribution in [-0.2, 0) is 27.4 Å². The standard InChI is InChI=1S/C21H26N4O4/c22-12-21-10-20(11-21,5-6-29-21)23-8-13-1-2-15-14(7-13)9-25(19(15)28)16-3-4-17(26)24-18(16)27/h1-2,7,16,23H,3-6,8-12,22H2,(H,24,26,27). The van der Waals surface area contributed by atoms with E-state index in [2.05, 4.69) is 16.7 Å². The highest BCUT2D eigenvalue weighted by Gasteiger charge is 2.57. The Morgan fingerprint density at radius 1 is 1.28 bits per heavy atom. The monoisotopic (exact) mass is 398 g/mol. The lowest BCUT2D eigenvalue weighted by atomic mass is 9.61. The van der Waals surface area contributed by atoms with Gasteiger partial charge in [0.05, 0.1) is 5.60 Å². The van der Waals surface area contributed by atoms with E-state index in [9.17, 15) is 14.4 Å². The van der Waals surface area contributed by atoms with Crippen molar-refractivity contribution in [2.45, 2.75) is 62.4 Å². The molecule has 8 nitrogen and oxygen atoms in total. The molecule has 8 heteroatoms. The topological polar surface area (TPSA) is 114 Å². The normalized spacial score (nSPS) is 33.3. The maximum absolute atomic E-state index is 12.8. The van der Waals surface area contributed by atoms with Crippen LogP contribution in [0.15, 0.2) is 18.2 Å². The predicted octanol–water partition coefficient (Wildman–Crippen LogP) is 0.188. The number of ether oxygens (including phenoxy) is 1. The van der Waals surface area contributed by atoms with E-state index in [1.807, 2.05) is 12.1 Å². The Labute approximate surface area is 169 Å².